The molecular formula is C27H25Cl2F3N2. The third kappa shape index (κ3) is 5.96. The average Bonchev–Trinajstić information content (AvgIpc) is 2.73. The number of benzene rings is 3. The van der Waals surface area contributed by atoms with Crippen molar-refractivity contribution in [3.63, 3.8) is 0 Å². The fourth-order valence-corrected chi connectivity index (χ4v) is 4.24. The van der Waals surface area contributed by atoms with Gasteiger partial charge in [-0.3, -0.25) is 0 Å². The Morgan fingerprint density at radius 1 is 0.882 bits per heavy atom. The van der Waals surface area contributed by atoms with E-state index in [1.807, 2.05) is 0 Å². The summed E-state index contributed by atoms with van der Waals surface area (Å²) in [5.41, 5.74) is 3.59. The first-order chi connectivity index (χ1) is 15.9. The number of alkyl halides is 1. The molecule has 0 aliphatic carbocycles. The molecule has 0 radical (unpaired) electrons. The third-order valence-electron chi connectivity index (χ3n) is 5.32. The van der Waals surface area contributed by atoms with Crippen LogP contribution in [0.2, 0.25) is 5.02 Å². The van der Waals surface area contributed by atoms with Crippen LogP contribution in [0.3, 0.4) is 0 Å². The Balaban J connectivity index is 1.87. The molecule has 1 unspecified atom stereocenters. The van der Waals surface area contributed by atoms with Crippen LogP contribution in [-0.4, -0.2) is 4.87 Å². The highest BCUT2D eigenvalue weighted by molar-refractivity contribution is 6.32. The molecule has 0 spiro atoms. The summed E-state index contributed by atoms with van der Waals surface area (Å²) in [4.78, 5) is -0.863. The van der Waals surface area contributed by atoms with E-state index in [0.29, 0.717) is 33.2 Å². The maximum atomic E-state index is 14.3. The van der Waals surface area contributed by atoms with Crippen LogP contribution in [0.25, 0.3) is 5.70 Å². The molecular weight excluding hydrogens is 480 g/mol. The van der Waals surface area contributed by atoms with Crippen LogP contribution in [0, 0.1) is 24.4 Å². The van der Waals surface area contributed by atoms with Crippen LogP contribution in [0.15, 0.2) is 73.5 Å². The van der Waals surface area contributed by atoms with E-state index in [-0.39, 0.29) is 5.69 Å². The van der Waals surface area contributed by atoms with E-state index < -0.39 is 28.2 Å². The molecule has 0 aliphatic rings. The van der Waals surface area contributed by atoms with Crippen LogP contribution >= 0.6 is 23.2 Å². The standard InChI is InChI=1S/C27H25Cl2F3N2/c1-15-6-11-25(24(32)12-15)34-16(2)20-14-19(8-9-21(20)28)33-17(3)26(27(4,5)29)18-7-10-22(30)23(31)13-18/h6-14,26,33-34H,2-3H2,1,4-5H3. The lowest BCUT2D eigenvalue weighted by Gasteiger charge is -2.31. The monoisotopic (exact) mass is 504 g/mol. The Bertz CT molecular complexity index is 1250. The minimum Gasteiger partial charge on any atom is -0.359 e. The van der Waals surface area contributed by atoms with Gasteiger partial charge in [0.2, 0.25) is 0 Å². The van der Waals surface area contributed by atoms with Gasteiger partial charge in [0.25, 0.3) is 0 Å². The minimum atomic E-state index is -0.962. The van der Waals surface area contributed by atoms with Crippen LogP contribution in [0.5, 0.6) is 0 Å². The van der Waals surface area contributed by atoms with Gasteiger partial charge in [0.1, 0.15) is 5.82 Å². The summed E-state index contributed by atoms with van der Waals surface area (Å²) in [5, 5.41) is 6.56. The number of halogens is 5. The summed E-state index contributed by atoms with van der Waals surface area (Å²) >= 11 is 13.0. The summed E-state index contributed by atoms with van der Waals surface area (Å²) in [5.74, 6) is -2.85. The van der Waals surface area contributed by atoms with E-state index >= 15 is 0 Å². The highest BCUT2D eigenvalue weighted by Crippen LogP contribution is 2.40. The second kappa shape index (κ2) is 10.2. The third-order valence-corrected chi connectivity index (χ3v) is 5.87. The summed E-state index contributed by atoms with van der Waals surface area (Å²) in [6.45, 7) is 13.4. The van der Waals surface area contributed by atoms with Crippen molar-refractivity contribution in [2.75, 3.05) is 10.6 Å². The van der Waals surface area contributed by atoms with Crippen molar-refractivity contribution < 1.29 is 13.2 Å². The Morgan fingerprint density at radius 3 is 2.21 bits per heavy atom. The lowest BCUT2D eigenvalue weighted by Crippen LogP contribution is -2.27. The van der Waals surface area contributed by atoms with Crippen molar-refractivity contribution in [2.24, 2.45) is 0 Å². The van der Waals surface area contributed by atoms with Crippen LogP contribution in [0.4, 0.5) is 24.5 Å². The number of rotatable bonds is 8. The molecule has 3 aromatic rings. The summed E-state index contributed by atoms with van der Waals surface area (Å²) in [6, 6.07) is 13.6. The van der Waals surface area contributed by atoms with Gasteiger partial charge in [-0.2, -0.15) is 0 Å². The SMILES string of the molecule is C=C(Nc1ccc(C)cc1F)c1cc(NC(=C)C(c2ccc(F)c(F)c2)C(C)(C)Cl)ccc1Cl. The summed E-state index contributed by atoms with van der Waals surface area (Å²) < 4.78 is 41.6. The highest BCUT2D eigenvalue weighted by atomic mass is 35.5. The maximum absolute atomic E-state index is 14.3. The van der Waals surface area contributed by atoms with Crippen LogP contribution in [0.1, 0.15) is 36.5 Å². The van der Waals surface area contributed by atoms with E-state index in [2.05, 4.69) is 23.8 Å². The molecule has 7 heteroatoms. The van der Waals surface area contributed by atoms with Crippen LogP contribution < -0.4 is 10.6 Å². The maximum Gasteiger partial charge on any atom is 0.159 e. The van der Waals surface area contributed by atoms with Crippen molar-refractivity contribution >= 4 is 40.3 Å². The smallest absolute Gasteiger partial charge is 0.159 e. The Labute approximate surface area is 208 Å². The van der Waals surface area contributed by atoms with E-state index in [4.69, 9.17) is 23.2 Å². The average molecular weight is 505 g/mol. The number of hydrogen-bond acceptors (Lipinski definition) is 2. The van der Waals surface area contributed by atoms with E-state index in [1.54, 1.807) is 51.1 Å². The lowest BCUT2D eigenvalue weighted by molar-refractivity contribution is 0.503. The molecule has 0 bridgehead atoms. The predicted octanol–water partition coefficient (Wildman–Crippen LogP) is 8.88. The molecule has 0 saturated heterocycles. The first-order valence-electron chi connectivity index (χ1n) is 10.5. The molecule has 0 amide bonds. The molecule has 3 aromatic carbocycles. The van der Waals surface area contributed by atoms with Gasteiger partial charge >= 0.3 is 0 Å². The van der Waals surface area contributed by atoms with Crippen molar-refractivity contribution in [3.05, 3.63) is 113 Å². The van der Waals surface area contributed by atoms with E-state index in [9.17, 15) is 13.2 Å². The molecule has 0 aliphatic heterocycles. The highest BCUT2D eigenvalue weighted by Gasteiger charge is 2.32. The Hall–Kier alpha value is -2.89. The summed E-state index contributed by atoms with van der Waals surface area (Å²) in [7, 11) is 0. The van der Waals surface area contributed by atoms with Gasteiger partial charge in [-0.05, 0) is 74.4 Å². The molecule has 2 N–H and O–H groups in total. The molecule has 0 heterocycles. The topological polar surface area (TPSA) is 24.1 Å². The van der Waals surface area contributed by atoms with Gasteiger partial charge in [0.05, 0.1) is 15.6 Å². The van der Waals surface area contributed by atoms with Gasteiger partial charge < -0.3 is 10.6 Å². The lowest BCUT2D eigenvalue weighted by atomic mass is 9.85. The first kappa shape index (κ1) is 25.7. The van der Waals surface area contributed by atoms with Crippen molar-refractivity contribution in [3.8, 4) is 0 Å². The predicted molar refractivity (Wildman–Crippen MR) is 137 cm³/mol. The molecule has 2 nitrogen and oxygen atoms in total. The number of nitrogens with one attached hydrogen (secondary N) is 2. The Kier molecular flexibility index (Phi) is 7.69. The molecule has 0 saturated carbocycles. The largest absolute Gasteiger partial charge is 0.359 e. The van der Waals surface area contributed by atoms with Crippen molar-refractivity contribution in [1.29, 1.82) is 0 Å². The Morgan fingerprint density at radius 2 is 1.59 bits per heavy atom. The van der Waals surface area contributed by atoms with Gasteiger partial charge in [0, 0.05) is 28.6 Å². The second-order valence-electron chi connectivity index (χ2n) is 8.60. The molecule has 34 heavy (non-hydrogen) atoms. The fourth-order valence-electron chi connectivity index (χ4n) is 3.75. The first-order valence-corrected chi connectivity index (χ1v) is 11.2. The second-order valence-corrected chi connectivity index (χ2v) is 9.98. The molecule has 178 valence electrons. The molecule has 0 aromatic heterocycles. The normalized spacial score (nSPS) is 12.2. The van der Waals surface area contributed by atoms with Crippen molar-refractivity contribution in [1.82, 2.24) is 0 Å². The number of hydrogen-bond donors (Lipinski definition) is 2. The van der Waals surface area contributed by atoms with Crippen LogP contribution in [-0.2, 0) is 0 Å². The van der Waals surface area contributed by atoms with Gasteiger partial charge in [-0.15, -0.1) is 11.6 Å². The fraction of sp³-hybridized carbons (Fsp3) is 0.185. The molecule has 0 fully saturated rings. The van der Waals surface area contributed by atoms with Gasteiger partial charge in [-0.1, -0.05) is 36.9 Å². The van der Waals surface area contributed by atoms with Gasteiger partial charge in [0.15, 0.2) is 11.6 Å². The molecule has 1 atom stereocenters. The zero-order valence-electron chi connectivity index (χ0n) is 19.1. The number of aryl methyl sites for hydroxylation is 1. The van der Waals surface area contributed by atoms with E-state index in [1.165, 1.54) is 12.1 Å². The number of allylic oxidation sites excluding steroid dienone is 1. The van der Waals surface area contributed by atoms with Gasteiger partial charge in [-0.25, -0.2) is 13.2 Å². The van der Waals surface area contributed by atoms with E-state index in [0.717, 1.165) is 17.7 Å². The zero-order valence-corrected chi connectivity index (χ0v) is 20.6. The zero-order chi connectivity index (χ0) is 25.2. The number of anilines is 2. The quantitative estimate of drug-likeness (QED) is 0.299. The molecule has 3 rings (SSSR count). The minimum absolute atomic E-state index is 0.275. The van der Waals surface area contributed by atoms with Crippen molar-refractivity contribution in [2.45, 2.75) is 31.6 Å². The summed E-state index contributed by atoms with van der Waals surface area (Å²) in [6.07, 6.45) is 0.